The number of carbonyl (C=O) groups is 1. The van der Waals surface area contributed by atoms with E-state index in [-0.39, 0.29) is 29.4 Å². The van der Waals surface area contributed by atoms with Gasteiger partial charge in [-0.15, -0.1) is 24.0 Å². The van der Waals surface area contributed by atoms with E-state index in [1.54, 1.807) is 7.11 Å². The highest BCUT2D eigenvalue weighted by Crippen LogP contribution is 2.41. The number of amides is 1. The topological polar surface area (TPSA) is 60.4 Å². The Morgan fingerprint density at radius 3 is 2.36 bits per heavy atom. The smallest absolute Gasteiger partial charge is 0.236 e. The second kappa shape index (κ2) is 12.2. The first-order valence-electron chi connectivity index (χ1n) is 12.2. The molecule has 2 saturated heterocycles. The Bertz CT molecular complexity index is 798. The summed E-state index contributed by atoms with van der Waals surface area (Å²) in [4.78, 5) is 23.7. The van der Waals surface area contributed by atoms with Crippen LogP contribution in [0.25, 0.3) is 0 Å². The molecule has 0 aromatic heterocycles. The minimum Gasteiger partial charge on any atom is -0.497 e. The van der Waals surface area contributed by atoms with Gasteiger partial charge in [0, 0.05) is 58.3 Å². The minimum atomic E-state index is 0. The number of aliphatic imine (C=N–C) groups is 1. The van der Waals surface area contributed by atoms with Crippen molar-refractivity contribution in [2.24, 2.45) is 4.99 Å². The summed E-state index contributed by atoms with van der Waals surface area (Å²) in [5.74, 6) is 2.20. The SMILES string of the molecule is CN=C(NCC1(c2cccc(OC)c2)CCCC1)N1CCN(CC(=O)N2CCCC2)CC1.I. The molecule has 0 bridgehead atoms. The fraction of sp³-hybridized carbons (Fsp3) is 0.680. The number of nitrogens with zero attached hydrogens (tertiary/aromatic N) is 4. The lowest BCUT2D eigenvalue weighted by Gasteiger charge is -2.38. The first kappa shape index (κ1) is 26.1. The van der Waals surface area contributed by atoms with Crippen LogP contribution < -0.4 is 10.1 Å². The standard InChI is InChI=1S/C25H39N5O2.HI/c1-26-24(30-16-14-28(15-17-30)19-23(31)29-12-5-6-13-29)27-20-25(10-3-4-11-25)21-8-7-9-22(18-21)32-2;/h7-9,18H,3-6,10-17,19-20H2,1-2H3,(H,26,27);1H. The molecule has 2 aliphatic heterocycles. The van der Waals surface area contributed by atoms with Crippen LogP contribution in [0, 0.1) is 0 Å². The summed E-state index contributed by atoms with van der Waals surface area (Å²) >= 11 is 0. The van der Waals surface area contributed by atoms with E-state index in [2.05, 4.69) is 38.3 Å². The molecule has 1 N–H and O–H groups in total. The lowest BCUT2D eigenvalue weighted by atomic mass is 9.78. The zero-order chi connectivity index (χ0) is 22.4. The molecule has 2 heterocycles. The van der Waals surface area contributed by atoms with E-state index in [1.807, 2.05) is 18.0 Å². The number of ether oxygens (including phenoxy) is 1. The van der Waals surface area contributed by atoms with E-state index < -0.39 is 0 Å². The Kier molecular flexibility index (Phi) is 9.67. The zero-order valence-corrected chi connectivity index (χ0v) is 22.6. The fourth-order valence-electron chi connectivity index (χ4n) is 5.53. The van der Waals surface area contributed by atoms with E-state index in [4.69, 9.17) is 4.74 Å². The highest BCUT2D eigenvalue weighted by molar-refractivity contribution is 14.0. The van der Waals surface area contributed by atoms with Gasteiger partial charge in [-0.1, -0.05) is 25.0 Å². The molecule has 1 aliphatic carbocycles. The summed E-state index contributed by atoms with van der Waals surface area (Å²) in [7, 11) is 3.61. The third-order valence-corrected chi connectivity index (χ3v) is 7.53. The van der Waals surface area contributed by atoms with Crippen LogP contribution in [0.5, 0.6) is 5.75 Å². The molecule has 0 radical (unpaired) electrons. The second-order valence-electron chi connectivity index (χ2n) is 9.47. The van der Waals surface area contributed by atoms with E-state index >= 15 is 0 Å². The van der Waals surface area contributed by atoms with Gasteiger partial charge in [-0.3, -0.25) is 14.7 Å². The van der Waals surface area contributed by atoms with Crippen LogP contribution >= 0.6 is 24.0 Å². The van der Waals surface area contributed by atoms with Gasteiger partial charge in [0.25, 0.3) is 0 Å². The van der Waals surface area contributed by atoms with Gasteiger partial charge in [-0.25, -0.2) is 0 Å². The molecule has 0 spiro atoms. The highest BCUT2D eigenvalue weighted by atomic mass is 127. The third-order valence-electron chi connectivity index (χ3n) is 7.53. The summed E-state index contributed by atoms with van der Waals surface area (Å²) < 4.78 is 5.49. The van der Waals surface area contributed by atoms with E-state index in [0.717, 1.165) is 70.4 Å². The third kappa shape index (κ3) is 6.32. The zero-order valence-electron chi connectivity index (χ0n) is 20.2. The Morgan fingerprint density at radius 1 is 1.03 bits per heavy atom. The van der Waals surface area contributed by atoms with E-state index in [1.165, 1.54) is 31.2 Å². The summed E-state index contributed by atoms with van der Waals surface area (Å²) in [6, 6.07) is 8.57. The van der Waals surface area contributed by atoms with Crippen LogP contribution in [0.4, 0.5) is 0 Å². The fourth-order valence-corrected chi connectivity index (χ4v) is 5.53. The van der Waals surface area contributed by atoms with Crippen LogP contribution in [0.15, 0.2) is 29.3 Å². The van der Waals surface area contributed by atoms with Crippen LogP contribution in [0.1, 0.15) is 44.1 Å². The van der Waals surface area contributed by atoms with E-state index in [9.17, 15) is 4.79 Å². The molecule has 3 aliphatic rings. The van der Waals surface area contributed by atoms with Crippen molar-refractivity contribution in [3.8, 4) is 5.75 Å². The summed E-state index contributed by atoms with van der Waals surface area (Å²) in [6.07, 6.45) is 7.22. The van der Waals surface area contributed by atoms with Gasteiger partial charge in [0.05, 0.1) is 13.7 Å². The number of carbonyl (C=O) groups excluding carboxylic acids is 1. The van der Waals surface area contributed by atoms with Crippen molar-refractivity contribution in [1.29, 1.82) is 0 Å². The normalized spacial score (nSPS) is 21.1. The first-order valence-corrected chi connectivity index (χ1v) is 12.2. The van der Waals surface area contributed by atoms with Gasteiger partial charge in [-0.2, -0.15) is 0 Å². The minimum absolute atomic E-state index is 0. The maximum absolute atomic E-state index is 12.5. The number of nitrogens with one attached hydrogen (secondary N) is 1. The number of methoxy groups -OCH3 is 1. The first-order chi connectivity index (χ1) is 15.6. The van der Waals surface area contributed by atoms with Gasteiger partial charge >= 0.3 is 0 Å². The predicted octanol–water partition coefficient (Wildman–Crippen LogP) is 2.94. The lowest BCUT2D eigenvalue weighted by molar-refractivity contribution is -0.131. The summed E-state index contributed by atoms with van der Waals surface area (Å²) in [6.45, 7) is 6.93. The predicted molar refractivity (Wildman–Crippen MR) is 144 cm³/mol. The number of likely N-dealkylation sites (tertiary alicyclic amines) is 1. The van der Waals surface area contributed by atoms with Crippen molar-refractivity contribution in [2.45, 2.75) is 43.9 Å². The van der Waals surface area contributed by atoms with Crippen LogP contribution in [0.3, 0.4) is 0 Å². The maximum atomic E-state index is 12.5. The van der Waals surface area contributed by atoms with Gasteiger partial charge < -0.3 is 19.9 Å². The van der Waals surface area contributed by atoms with Crippen molar-refractivity contribution in [3.05, 3.63) is 29.8 Å². The monoisotopic (exact) mass is 569 g/mol. The van der Waals surface area contributed by atoms with Gasteiger partial charge in [0.1, 0.15) is 5.75 Å². The average molecular weight is 570 g/mol. The highest BCUT2D eigenvalue weighted by Gasteiger charge is 2.36. The lowest BCUT2D eigenvalue weighted by Crippen LogP contribution is -2.55. The van der Waals surface area contributed by atoms with Crippen molar-refractivity contribution >= 4 is 35.8 Å². The van der Waals surface area contributed by atoms with Gasteiger partial charge in [0.15, 0.2) is 5.96 Å². The molecule has 1 aromatic rings. The number of halogens is 1. The molecule has 7 nitrogen and oxygen atoms in total. The molecule has 184 valence electrons. The van der Waals surface area contributed by atoms with Crippen molar-refractivity contribution in [2.75, 3.05) is 66.5 Å². The van der Waals surface area contributed by atoms with Crippen molar-refractivity contribution in [3.63, 3.8) is 0 Å². The molecular formula is C25H40IN5O2. The van der Waals surface area contributed by atoms with Gasteiger partial charge in [0.2, 0.25) is 5.91 Å². The van der Waals surface area contributed by atoms with Crippen molar-refractivity contribution in [1.82, 2.24) is 20.0 Å². The summed E-state index contributed by atoms with van der Waals surface area (Å²) in [5, 5.41) is 3.70. The number of benzene rings is 1. The van der Waals surface area contributed by atoms with Crippen LogP contribution in [0.2, 0.25) is 0 Å². The number of hydrogen-bond acceptors (Lipinski definition) is 4. The molecule has 0 unspecified atom stereocenters. The molecule has 4 rings (SSSR count). The molecule has 1 saturated carbocycles. The van der Waals surface area contributed by atoms with Crippen LogP contribution in [-0.2, 0) is 10.2 Å². The number of rotatable bonds is 6. The number of hydrogen-bond donors (Lipinski definition) is 1. The van der Waals surface area contributed by atoms with E-state index in [0.29, 0.717) is 12.5 Å². The Hall–Kier alpha value is -1.55. The van der Waals surface area contributed by atoms with Crippen molar-refractivity contribution < 1.29 is 9.53 Å². The molecule has 1 amide bonds. The molecular weight excluding hydrogens is 529 g/mol. The molecule has 0 atom stereocenters. The summed E-state index contributed by atoms with van der Waals surface area (Å²) in [5.41, 5.74) is 1.50. The number of guanidine groups is 1. The Labute approximate surface area is 215 Å². The van der Waals surface area contributed by atoms with Gasteiger partial charge in [-0.05, 0) is 43.4 Å². The Morgan fingerprint density at radius 2 is 1.73 bits per heavy atom. The Balaban J connectivity index is 0.00000306. The molecule has 3 fully saturated rings. The maximum Gasteiger partial charge on any atom is 0.236 e. The quantitative estimate of drug-likeness (QED) is 0.325. The molecule has 1 aromatic carbocycles. The average Bonchev–Trinajstić information content (AvgIpc) is 3.54. The molecule has 8 heteroatoms. The second-order valence-corrected chi connectivity index (χ2v) is 9.47. The molecule has 33 heavy (non-hydrogen) atoms. The number of piperazine rings is 1. The van der Waals surface area contributed by atoms with Crippen LogP contribution in [-0.4, -0.2) is 93.1 Å². The largest absolute Gasteiger partial charge is 0.497 e.